The molecule has 23 heavy (non-hydrogen) atoms. The molecule has 0 amide bonds. The van der Waals surface area contributed by atoms with Gasteiger partial charge in [-0.1, -0.05) is 12.1 Å². The summed E-state index contributed by atoms with van der Waals surface area (Å²) in [5.41, 5.74) is 3.04. The Morgan fingerprint density at radius 1 is 1.26 bits per heavy atom. The number of aryl methyl sites for hydroxylation is 1. The number of hydrogen-bond donors (Lipinski definition) is 2. The highest BCUT2D eigenvalue weighted by Gasteiger charge is 2.16. The minimum absolute atomic E-state index is 0.540. The monoisotopic (exact) mass is 330 g/mol. The SMILES string of the molecule is Cc1nc2ncnn2c(N(C)C)c1Cc1ccc([SH](=N)=O)cc1. The summed E-state index contributed by atoms with van der Waals surface area (Å²) >= 11 is 0. The third kappa shape index (κ3) is 2.89. The number of hydrogen-bond acceptors (Lipinski definition) is 6. The highest BCUT2D eigenvalue weighted by atomic mass is 32.2. The minimum atomic E-state index is -2.05. The molecule has 0 fully saturated rings. The Kier molecular flexibility index (Phi) is 3.99. The van der Waals surface area contributed by atoms with Gasteiger partial charge in [0.15, 0.2) is 0 Å². The summed E-state index contributed by atoms with van der Waals surface area (Å²) in [5.74, 6) is 1.53. The van der Waals surface area contributed by atoms with Crippen LogP contribution in [-0.4, -0.2) is 37.9 Å². The molecule has 0 saturated carbocycles. The van der Waals surface area contributed by atoms with Crippen molar-refractivity contribution in [3.63, 3.8) is 0 Å². The standard InChI is InChI=1S/C15H18N6OS/c1-10-13(8-11-4-6-12(7-5-11)23(16)22)14(20(2)3)21-15(19-10)17-9-18-21/h4-7,9,16,23H,8H2,1-3H3. The Morgan fingerprint density at radius 2 is 1.96 bits per heavy atom. The molecule has 8 heteroatoms. The molecule has 0 bridgehead atoms. The van der Waals surface area contributed by atoms with Gasteiger partial charge in [-0.25, -0.2) is 9.19 Å². The zero-order valence-electron chi connectivity index (χ0n) is 13.2. The van der Waals surface area contributed by atoms with E-state index in [4.69, 9.17) is 4.78 Å². The number of fused-ring (bicyclic) bond motifs is 1. The van der Waals surface area contributed by atoms with E-state index in [2.05, 4.69) is 15.1 Å². The molecule has 3 aromatic rings. The van der Waals surface area contributed by atoms with Gasteiger partial charge in [-0.15, -0.1) is 0 Å². The molecule has 0 aliphatic heterocycles. The van der Waals surface area contributed by atoms with E-state index < -0.39 is 10.6 Å². The van der Waals surface area contributed by atoms with Crippen molar-refractivity contribution >= 4 is 22.2 Å². The average Bonchev–Trinajstić information content (AvgIpc) is 2.95. The van der Waals surface area contributed by atoms with Crippen LogP contribution in [0.3, 0.4) is 0 Å². The van der Waals surface area contributed by atoms with Gasteiger partial charge in [-0.05, 0) is 24.6 Å². The van der Waals surface area contributed by atoms with Gasteiger partial charge >= 0.3 is 0 Å². The van der Waals surface area contributed by atoms with Crippen LogP contribution in [-0.2, 0) is 17.0 Å². The molecule has 1 unspecified atom stereocenters. The minimum Gasteiger partial charge on any atom is -0.362 e. The van der Waals surface area contributed by atoms with Gasteiger partial charge in [0, 0.05) is 36.7 Å². The quantitative estimate of drug-likeness (QED) is 0.711. The van der Waals surface area contributed by atoms with E-state index in [0.717, 1.165) is 22.6 Å². The lowest BCUT2D eigenvalue weighted by molar-refractivity contribution is 0.687. The van der Waals surface area contributed by atoms with Gasteiger partial charge in [0.05, 0.1) is 10.6 Å². The third-order valence-corrected chi connectivity index (χ3v) is 4.45. The van der Waals surface area contributed by atoms with Crippen LogP contribution in [0.2, 0.25) is 0 Å². The molecule has 2 aromatic heterocycles. The Hall–Kier alpha value is -2.48. The first kappa shape index (κ1) is 15.4. The second-order valence-electron chi connectivity index (χ2n) is 5.50. The third-order valence-electron chi connectivity index (χ3n) is 3.68. The summed E-state index contributed by atoms with van der Waals surface area (Å²) in [6, 6.07) is 7.29. The van der Waals surface area contributed by atoms with Gasteiger partial charge in [-0.3, -0.25) is 4.78 Å². The van der Waals surface area contributed by atoms with Crippen molar-refractivity contribution in [2.24, 2.45) is 0 Å². The number of nitrogens with zero attached hydrogens (tertiary/aromatic N) is 5. The summed E-state index contributed by atoms with van der Waals surface area (Å²) in [6.45, 7) is 1.96. The van der Waals surface area contributed by atoms with Crippen LogP contribution in [0, 0.1) is 11.7 Å². The van der Waals surface area contributed by atoms with Crippen molar-refractivity contribution in [1.82, 2.24) is 19.6 Å². The Balaban J connectivity index is 2.08. The maximum Gasteiger partial charge on any atom is 0.254 e. The largest absolute Gasteiger partial charge is 0.362 e. The first-order chi connectivity index (χ1) is 11.0. The van der Waals surface area contributed by atoms with Crippen LogP contribution in [0.5, 0.6) is 0 Å². The Labute approximate surface area is 136 Å². The Bertz CT molecular complexity index is 919. The summed E-state index contributed by atoms with van der Waals surface area (Å²) in [6.07, 6.45) is 2.18. The molecule has 1 aromatic carbocycles. The van der Waals surface area contributed by atoms with Crippen molar-refractivity contribution in [2.45, 2.75) is 18.2 Å². The van der Waals surface area contributed by atoms with Crippen molar-refractivity contribution < 1.29 is 4.21 Å². The van der Waals surface area contributed by atoms with Crippen molar-refractivity contribution in [2.75, 3.05) is 19.0 Å². The highest BCUT2D eigenvalue weighted by Crippen LogP contribution is 2.24. The normalized spacial score (nSPS) is 12.5. The van der Waals surface area contributed by atoms with E-state index >= 15 is 0 Å². The number of nitrogens with one attached hydrogen (secondary N) is 1. The van der Waals surface area contributed by atoms with E-state index in [9.17, 15) is 4.21 Å². The van der Waals surface area contributed by atoms with Gasteiger partial charge in [0.1, 0.15) is 12.1 Å². The van der Waals surface area contributed by atoms with E-state index in [-0.39, 0.29) is 0 Å². The van der Waals surface area contributed by atoms with Crippen LogP contribution in [0.4, 0.5) is 5.82 Å². The zero-order valence-corrected chi connectivity index (χ0v) is 14.1. The molecular weight excluding hydrogens is 312 g/mol. The maximum atomic E-state index is 11.2. The molecule has 2 heterocycles. The molecule has 0 saturated heterocycles. The molecule has 3 rings (SSSR count). The summed E-state index contributed by atoms with van der Waals surface area (Å²) in [7, 11) is 1.88. The molecule has 1 atom stereocenters. The number of thiol groups is 1. The van der Waals surface area contributed by atoms with Crippen LogP contribution >= 0.6 is 0 Å². The first-order valence-corrected chi connectivity index (χ1v) is 8.37. The second-order valence-corrected chi connectivity index (χ2v) is 6.61. The van der Waals surface area contributed by atoms with Gasteiger partial charge < -0.3 is 4.90 Å². The predicted molar refractivity (Wildman–Crippen MR) is 89.6 cm³/mol. The van der Waals surface area contributed by atoms with E-state index in [0.29, 0.717) is 17.1 Å². The number of anilines is 1. The molecule has 0 aliphatic rings. The number of rotatable bonds is 4. The fraction of sp³-hybridized carbons (Fsp3) is 0.267. The maximum absolute atomic E-state index is 11.2. The van der Waals surface area contributed by atoms with Crippen LogP contribution in [0.15, 0.2) is 35.5 Å². The number of benzene rings is 1. The molecule has 0 spiro atoms. The molecule has 1 N–H and O–H groups in total. The van der Waals surface area contributed by atoms with Gasteiger partial charge in [0.25, 0.3) is 5.78 Å². The first-order valence-electron chi connectivity index (χ1n) is 7.11. The van der Waals surface area contributed by atoms with Crippen molar-refractivity contribution in [3.05, 3.63) is 47.4 Å². The fourth-order valence-electron chi connectivity index (χ4n) is 2.59. The summed E-state index contributed by atoms with van der Waals surface area (Å²) in [4.78, 5) is 11.2. The molecular formula is C15H18N6OS. The molecule has 0 aliphatic carbocycles. The molecule has 7 nitrogen and oxygen atoms in total. The van der Waals surface area contributed by atoms with Crippen LogP contribution < -0.4 is 4.90 Å². The smallest absolute Gasteiger partial charge is 0.254 e. The lowest BCUT2D eigenvalue weighted by Crippen LogP contribution is -2.18. The molecule has 0 radical (unpaired) electrons. The zero-order chi connectivity index (χ0) is 16.6. The second kappa shape index (κ2) is 5.96. The summed E-state index contributed by atoms with van der Waals surface area (Å²) < 4.78 is 20.2. The summed E-state index contributed by atoms with van der Waals surface area (Å²) in [5, 5.41) is 4.26. The van der Waals surface area contributed by atoms with E-state index in [1.54, 1.807) is 16.6 Å². The lowest BCUT2D eigenvalue weighted by atomic mass is 10.0. The lowest BCUT2D eigenvalue weighted by Gasteiger charge is -2.19. The van der Waals surface area contributed by atoms with Crippen LogP contribution in [0.1, 0.15) is 16.8 Å². The van der Waals surface area contributed by atoms with Gasteiger partial charge in [-0.2, -0.15) is 14.6 Å². The molecule has 120 valence electrons. The average molecular weight is 330 g/mol. The predicted octanol–water partition coefficient (Wildman–Crippen LogP) is 1.69. The fourth-order valence-corrected chi connectivity index (χ4v) is 3.01. The van der Waals surface area contributed by atoms with E-state index in [1.807, 2.05) is 38.1 Å². The van der Waals surface area contributed by atoms with E-state index in [1.165, 1.54) is 6.33 Å². The number of aromatic nitrogens is 4. The topological polar surface area (TPSA) is 87.2 Å². The van der Waals surface area contributed by atoms with Crippen molar-refractivity contribution in [3.8, 4) is 0 Å². The van der Waals surface area contributed by atoms with Crippen LogP contribution in [0.25, 0.3) is 5.78 Å². The Morgan fingerprint density at radius 3 is 2.57 bits per heavy atom. The highest BCUT2D eigenvalue weighted by molar-refractivity contribution is 7.73. The van der Waals surface area contributed by atoms with Gasteiger partial charge in [0.2, 0.25) is 0 Å². The van der Waals surface area contributed by atoms with Crippen molar-refractivity contribution in [1.29, 1.82) is 4.78 Å².